The number of nitrogens with zero attached hydrogens (tertiary/aromatic N) is 2. The van der Waals surface area contributed by atoms with Crippen molar-refractivity contribution >= 4 is 5.82 Å². The van der Waals surface area contributed by atoms with Crippen LogP contribution in [0, 0.1) is 11.5 Å². The van der Waals surface area contributed by atoms with Gasteiger partial charge in [0, 0.05) is 18.8 Å². The van der Waals surface area contributed by atoms with E-state index in [0.29, 0.717) is 11.5 Å². The highest BCUT2D eigenvalue weighted by Gasteiger charge is 2.53. The van der Waals surface area contributed by atoms with E-state index in [1.807, 2.05) is 12.3 Å². The summed E-state index contributed by atoms with van der Waals surface area (Å²) in [6, 6.07) is 5.50. The molecule has 0 unspecified atom stereocenters. The lowest BCUT2D eigenvalue weighted by Gasteiger charge is -2.31. The minimum absolute atomic E-state index is 0.559. The van der Waals surface area contributed by atoms with Gasteiger partial charge < -0.3 is 9.64 Å². The maximum atomic E-state index is 5.70. The molecule has 1 aliphatic carbocycles. The third kappa shape index (κ3) is 1.03. The smallest absolute Gasteiger partial charge is 0.172 e. The fourth-order valence-electron chi connectivity index (χ4n) is 2.94. The van der Waals surface area contributed by atoms with E-state index >= 15 is 0 Å². The van der Waals surface area contributed by atoms with Crippen molar-refractivity contribution in [2.45, 2.75) is 25.3 Å². The average Bonchev–Trinajstić information content (AvgIpc) is 2.90. The SMILES string of the molecule is [c]1ccnc2c1OC[C@H]1CC3(CC3)CN21. The lowest BCUT2D eigenvalue weighted by Crippen LogP contribution is -2.38. The zero-order valence-electron chi connectivity index (χ0n) is 8.57. The van der Waals surface area contributed by atoms with Gasteiger partial charge in [0.05, 0.1) is 6.04 Å². The van der Waals surface area contributed by atoms with E-state index in [1.54, 1.807) is 0 Å². The molecule has 1 atom stereocenters. The van der Waals surface area contributed by atoms with Crippen LogP contribution in [0.3, 0.4) is 0 Å². The van der Waals surface area contributed by atoms with Crippen molar-refractivity contribution < 1.29 is 4.74 Å². The predicted octanol–water partition coefficient (Wildman–Crippen LogP) is 1.63. The second kappa shape index (κ2) is 2.46. The number of anilines is 1. The number of hydrogen-bond acceptors (Lipinski definition) is 3. The largest absolute Gasteiger partial charge is 0.487 e. The van der Waals surface area contributed by atoms with Crippen LogP contribution in [-0.2, 0) is 0 Å². The van der Waals surface area contributed by atoms with Crippen molar-refractivity contribution in [3.8, 4) is 5.75 Å². The second-order valence-electron chi connectivity index (χ2n) is 5.04. The Morgan fingerprint density at radius 2 is 2.47 bits per heavy atom. The summed E-state index contributed by atoms with van der Waals surface area (Å²) in [4.78, 5) is 6.86. The van der Waals surface area contributed by atoms with Crippen LogP contribution in [0.4, 0.5) is 5.82 Å². The molecule has 15 heavy (non-hydrogen) atoms. The molecule has 4 rings (SSSR count). The minimum Gasteiger partial charge on any atom is -0.487 e. The highest BCUT2D eigenvalue weighted by Crippen LogP contribution is 2.56. The van der Waals surface area contributed by atoms with Crippen LogP contribution < -0.4 is 9.64 Å². The standard InChI is InChI=1S/C12H13N2O/c1-2-10-11(13-5-1)14-8-12(3-4-12)6-9(14)7-15-10/h1,5,9H,3-4,6-8H2/t9-/m1/s1. The molecule has 0 aromatic carbocycles. The molecule has 3 nitrogen and oxygen atoms in total. The van der Waals surface area contributed by atoms with Gasteiger partial charge in [0.15, 0.2) is 11.6 Å². The molecule has 2 aliphatic heterocycles. The average molecular weight is 201 g/mol. The number of pyridine rings is 1. The van der Waals surface area contributed by atoms with Crippen molar-refractivity contribution in [3.63, 3.8) is 0 Å². The van der Waals surface area contributed by atoms with E-state index < -0.39 is 0 Å². The molecule has 1 saturated carbocycles. The van der Waals surface area contributed by atoms with Gasteiger partial charge in [-0.3, -0.25) is 0 Å². The molecule has 3 heterocycles. The summed E-state index contributed by atoms with van der Waals surface area (Å²) in [5.41, 5.74) is 0.618. The molecule has 1 aromatic heterocycles. The van der Waals surface area contributed by atoms with Gasteiger partial charge in [0.25, 0.3) is 0 Å². The number of fused-ring (bicyclic) bond motifs is 3. The van der Waals surface area contributed by atoms with E-state index in [0.717, 1.165) is 18.2 Å². The molecule has 0 N–H and O–H groups in total. The van der Waals surface area contributed by atoms with E-state index in [1.165, 1.54) is 25.8 Å². The number of rotatable bonds is 0. The van der Waals surface area contributed by atoms with E-state index in [4.69, 9.17) is 4.74 Å². The molecule has 1 spiro atoms. The summed E-state index contributed by atoms with van der Waals surface area (Å²) in [5.74, 6) is 1.85. The zero-order chi connectivity index (χ0) is 9.88. The summed E-state index contributed by atoms with van der Waals surface area (Å²) in [7, 11) is 0. The van der Waals surface area contributed by atoms with E-state index in [9.17, 15) is 0 Å². The summed E-state index contributed by atoms with van der Waals surface area (Å²) in [5, 5.41) is 0. The number of aromatic nitrogens is 1. The van der Waals surface area contributed by atoms with Crippen molar-refractivity contribution in [1.82, 2.24) is 4.98 Å². The molecule has 0 amide bonds. The Balaban J connectivity index is 1.77. The van der Waals surface area contributed by atoms with Gasteiger partial charge in [-0.25, -0.2) is 4.98 Å². The maximum Gasteiger partial charge on any atom is 0.172 e. The first kappa shape index (κ1) is 7.97. The first-order valence-electron chi connectivity index (χ1n) is 5.63. The molecule has 77 valence electrons. The van der Waals surface area contributed by atoms with Gasteiger partial charge in [0.2, 0.25) is 0 Å². The van der Waals surface area contributed by atoms with Crippen molar-refractivity contribution in [2.24, 2.45) is 5.41 Å². The fraction of sp³-hybridized carbons (Fsp3) is 0.583. The summed E-state index contributed by atoms with van der Waals surface area (Å²) in [6.45, 7) is 2.00. The van der Waals surface area contributed by atoms with Gasteiger partial charge in [-0.2, -0.15) is 0 Å². The second-order valence-corrected chi connectivity index (χ2v) is 5.04. The quantitative estimate of drug-likeness (QED) is 0.638. The summed E-state index contributed by atoms with van der Waals surface area (Å²) >= 11 is 0. The zero-order valence-corrected chi connectivity index (χ0v) is 8.57. The predicted molar refractivity (Wildman–Crippen MR) is 56.0 cm³/mol. The lowest BCUT2D eigenvalue weighted by molar-refractivity contribution is 0.266. The molecule has 0 bridgehead atoms. The Morgan fingerprint density at radius 3 is 3.33 bits per heavy atom. The minimum atomic E-state index is 0.559. The fourth-order valence-corrected chi connectivity index (χ4v) is 2.94. The van der Waals surface area contributed by atoms with Crippen molar-refractivity contribution in [2.75, 3.05) is 18.1 Å². The lowest BCUT2D eigenvalue weighted by atomic mass is 10.0. The van der Waals surface area contributed by atoms with Crippen molar-refractivity contribution in [1.29, 1.82) is 0 Å². The molecule has 3 aliphatic rings. The van der Waals surface area contributed by atoms with E-state index in [-0.39, 0.29) is 0 Å². The maximum absolute atomic E-state index is 5.70. The Bertz CT molecular complexity index is 414. The monoisotopic (exact) mass is 201 g/mol. The molecule has 3 heteroatoms. The van der Waals surface area contributed by atoms with Gasteiger partial charge in [-0.1, -0.05) is 0 Å². The van der Waals surface area contributed by atoms with Crippen LogP contribution in [0.2, 0.25) is 0 Å². The highest BCUT2D eigenvalue weighted by atomic mass is 16.5. The van der Waals surface area contributed by atoms with Crippen LogP contribution in [0.15, 0.2) is 12.3 Å². The van der Waals surface area contributed by atoms with Gasteiger partial charge >= 0.3 is 0 Å². The topological polar surface area (TPSA) is 25.4 Å². The van der Waals surface area contributed by atoms with Gasteiger partial charge in [-0.05, 0) is 30.7 Å². The summed E-state index contributed by atoms with van der Waals surface area (Å²) < 4.78 is 5.70. The molecule has 1 radical (unpaired) electrons. The Labute approximate surface area is 89.1 Å². The van der Waals surface area contributed by atoms with Crippen LogP contribution in [0.1, 0.15) is 19.3 Å². The van der Waals surface area contributed by atoms with Crippen LogP contribution >= 0.6 is 0 Å². The van der Waals surface area contributed by atoms with Crippen LogP contribution in [0.5, 0.6) is 5.75 Å². The Hall–Kier alpha value is -1.25. The molecular weight excluding hydrogens is 188 g/mol. The van der Waals surface area contributed by atoms with E-state index in [2.05, 4.69) is 16.0 Å². The Morgan fingerprint density at radius 1 is 1.53 bits per heavy atom. The van der Waals surface area contributed by atoms with Gasteiger partial charge in [-0.15, -0.1) is 0 Å². The third-order valence-electron chi connectivity index (χ3n) is 3.95. The van der Waals surface area contributed by atoms with Crippen molar-refractivity contribution in [3.05, 3.63) is 18.3 Å². The highest BCUT2D eigenvalue weighted by molar-refractivity contribution is 5.56. The summed E-state index contributed by atoms with van der Waals surface area (Å²) in [6.07, 6.45) is 5.89. The molecule has 1 saturated heterocycles. The first-order valence-corrected chi connectivity index (χ1v) is 5.63. The molecule has 1 aromatic rings. The van der Waals surface area contributed by atoms with Crippen LogP contribution in [-0.4, -0.2) is 24.2 Å². The first-order chi connectivity index (χ1) is 7.36. The Kier molecular flexibility index (Phi) is 1.31. The number of hydrogen-bond donors (Lipinski definition) is 0. The van der Waals surface area contributed by atoms with Gasteiger partial charge in [0.1, 0.15) is 6.61 Å². The normalized spacial score (nSPS) is 29.6. The number of ether oxygens (including phenoxy) is 1. The van der Waals surface area contributed by atoms with Crippen LogP contribution in [0.25, 0.3) is 0 Å². The molecular formula is C12H13N2O. The molecule has 2 fully saturated rings. The third-order valence-corrected chi connectivity index (χ3v) is 3.95.